The Hall–Kier alpha value is -0.510. The summed E-state index contributed by atoms with van der Waals surface area (Å²) >= 11 is 4.56. The molecule has 0 unspecified atom stereocenters. The topological polar surface area (TPSA) is 17.1 Å². The maximum Gasteiger partial charge on any atom is 0.427 e. The lowest BCUT2D eigenvalue weighted by Crippen LogP contribution is -2.06. The Morgan fingerprint density at radius 2 is 1.89 bits per heavy atom. The second kappa shape index (κ2) is 2.87. The van der Waals surface area contributed by atoms with Crippen LogP contribution in [0.25, 0.3) is 0 Å². The summed E-state index contributed by atoms with van der Waals surface area (Å²) in [6.45, 7) is 0. The van der Waals surface area contributed by atoms with Crippen molar-refractivity contribution >= 4 is 17.9 Å². The highest BCUT2D eigenvalue weighted by molar-refractivity contribution is 6.31. The lowest BCUT2D eigenvalue weighted by atomic mass is 10.5. The zero-order valence-electron chi connectivity index (χ0n) is 4.07. The Labute approximate surface area is 54.1 Å². The predicted molar refractivity (Wildman–Crippen MR) is 26.1 cm³/mol. The fraction of sp³-hybridized carbons (Fsp3) is 0.250. The highest BCUT2D eigenvalue weighted by Crippen LogP contribution is 2.27. The molecule has 0 aromatic carbocycles. The molecule has 0 spiro atoms. The second-order valence-corrected chi connectivity index (χ2v) is 1.56. The van der Waals surface area contributed by atoms with Crippen molar-refractivity contribution in [2.75, 3.05) is 0 Å². The van der Waals surface area contributed by atoms with Gasteiger partial charge >= 0.3 is 6.18 Å². The monoisotopic (exact) mass is 158 g/mol. The van der Waals surface area contributed by atoms with Gasteiger partial charge in [-0.2, -0.15) is 13.2 Å². The molecular formula is C4H2ClF3O. The van der Waals surface area contributed by atoms with Gasteiger partial charge in [-0.15, -0.1) is 0 Å². The molecule has 0 amide bonds. The molecule has 9 heavy (non-hydrogen) atoms. The van der Waals surface area contributed by atoms with Crippen molar-refractivity contribution in [3.63, 3.8) is 0 Å². The van der Waals surface area contributed by atoms with Gasteiger partial charge in [0.1, 0.15) is 11.3 Å². The maximum absolute atomic E-state index is 11.3. The van der Waals surface area contributed by atoms with Crippen molar-refractivity contribution in [1.82, 2.24) is 0 Å². The summed E-state index contributed by atoms with van der Waals surface area (Å²) in [5.41, 5.74) is 0. The largest absolute Gasteiger partial charge is 0.427 e. The second-order valence-electron chi connectivity index (χ2n) is 1.15. The molecule has 0 N–H and O–H groups in total. The van der Waals surface area contributed by atoms with Gasteiger partial charge in [0, 0.05) is 6.08 Å². The molecule has 0 saturated heterocycles. The molecule has 0 aromatic heterocycles. The molecule has 0 saturated carbocycles. The fourth-order valence-corrected chi connectivity index (χ4v) is 0.206. The minimum absolute atomic E-state index is 0.0180. The lowest BCUT2D eigenvalue weighted by molar-refractivity contribution is -0.105. The van der Waals surface area contributed by atoms with Crippen molar-refractivity contribution < 1.29 is 18.0 Å². The van der Waals surface area contributed by atoms with Crippen LogP contribution in [0.3, 0.4) is 0 Å². The van der Waals surface area contributed by atoms with Crippen LogP contribution in [-0.2, 0) is 4.79 Å². The van der Waals surface area contributed by atoms with Gasteiger partial charge in [0.25, 0.3) is 0 Å². The first-order valence-electron chi connectivity index (χ1n) is 1.86. The number of carbonyl (C=O) groups excluding carboxylic acids is 1. The Morgan fingerprint density at radius 3 is 2.00 bits per heavy atom. The van der Waals surface area contributed by atoms with Gasteiger partial charge in [0.05, 0.1) is 0 Å². The van der Waals surface area contributed by atoms with Crippen LogP contribution in [0, 0.1) is 0 Å². The number of alkyl halides is 3. The van der Waals surface area contributed by atoms with Crippen molar-refractivity contribution in [3.05, 3.63) is 11.1 Å². The zero-order valence-corrected chi connectivity index (χ0v) is 4.83. The number of carbonyl (C=O) groups is 1. The third-order valence-electron chi connectivity index (χ3n) is 0.485. The van der Waals surface area contributed by atoms with E-state index in [1.54, 1.807) is 0 Å². The summed E-state index contributed by atoms with van der Waals surface area (Å²) in [4.78, 5) is 9.40. The molecule has 0 heterocycles. The van der Waals surface area contributed by atoms with Crippen LogP contribution in [0.1, 0.15) is 0 Å². The van der Waals surface area contributed by atoms with Gasteiger partial charge in [-0.3, -0.25) is 4.79 Å². The number of hydrogen-bond acceptors (Lipinski definition) is 1. The first-order valence-corrected chi connectivity index (χ1v) is 2.24. The highest BCUT2D eigenvalue weighted by Gasteiger charge is 2.31. The van der Waals surface area contributed by atoms with E-state index < -0.39 is 11.2 Å². The SMILES string of the molecule is O=C/C=C(\Cl)C(F)(F)F. The molecule has 5 heteroatoms. The van der Waals surface area contributed by atoms with Crippen molar-refractivity contribution in [3.8, 4) is 0 Å². The molecule has 0 aliphatic rings. The molecule has 0 rings (SSSR count). The van der Waals surface area contributed by atoms with Crippen LogP contribution in [0.4, 0.5) is 13.2 Å². The van der Waals surface area contributed by atoms with Gasteiger partial charge < -0.3 is 0 Å². The third-order valence-corrected chi connectivity index (χ3v) is 0.825. The molecule has 0 atom stereocenters. The Kier molecular flexibility index (Phi) is 2.70. The summed E-state index contributed by atoms with van der Waals surface area (Å²) in [6.07, 6.45) is -4.36. The molecule has 0 aromatic rings. The number of halogens is 4. The quantitative estimate of drug-likeness (QED) is 0.421. The van der Waals surface area contributed by atoms with Gasteiger partial charge in [0.15, 0.2) is 0 Å². The standard InChI is InChI=1S/C4H2ClF3O/c5-3(1-2-9)4(6,7)8/h1-2H/b3-1-. The van der Waals surface area contributed by atoms with E-state index in [0.29, 0.717) is 0 Å². The van der Waals surface area contributed by atoms with E-state index in [2.05, 4.69) is 11.6 Å². The van der Waals surface area contributed by atoms with E-state index >= 15 is 0 Å². The first kappa shape index (κ1) is 8.49. The third kappa shape index (κ3) is 3.13. The molecule has 0 radical (unpaired) electrons. The predicted octanol–water partition coefficient (Wildman–Crippen LogP) is 1.87. The van der Waals surface area contributed by atoms with E-state index in [9.17, 15) is 18.0 Å². The fourth-order valence-electron chi connectivity index (χ4n) is 0.154. The molecule has 1 nitrogen and oxygen atoms in total. The average Bonchev–Trinajstić information content (AvgIpc) is 1.64. The Balaban J connectivity index is 4.19. The van der Waals surface area contributed by atoms with Gasteiger partial charge in [-0.05, 0) is 0 Å². The van der Waals surface area contributed by atoms with E-state index in [4.69, 9.17) is 0 Å². The number of rotatable bonds is 1. The minimum atomic E-state index is -4.59. The smallest absolute Gasteiger partial charge is 0.299 e. The summed E-state index contributed by atoms with van der Waals surface area (Å²) in [7, 11) is 0. The average molecular weight is 159 g/mol. The molecule has 0 bridgehead atoms. The minimum Gasteiger partial charge on any atom is -0.299 e. The summed E-state index contributed by atoms with van der Waals surface area (Å²) in [5.74, 6) is 0. The zero-order chi connectivity index (χ0) is 7.49. The van der Waals surface area contributed by atoms with Crippen LogP contribution in [0.15, 0.2) is 11.1 Å². The number of aldehydes is 1. The van der Waals surface area contributed by atoms with Crippen LogP contribution < -0.4 is 0 Å². The van der Waals surface area contributed by atoms with Crippen LogP contribution in [0.5, 0.6) is 0 Å². The maximum atomic E-state index is 11.3. The van der Waals surface area contributed by atoms with Crippen molar-refractivity contribution in [1.29, 1.82) is 0 Å². The summed E-state index contributed by atoms with van der Waals surface area (Å²) in [6, 6.07) is 0. The summed E-state index contributed by atoms with van der Waals surface area (Å²) in [5, 5.41) is -1.41. The van der Waals surface area contributed by atoms with E-state index in [-0.39, 0.29) is 12.4 Å². The normalized spacial score (nSPS) is 13.6. The van der Waals surface area contributed by atoms with Gasteiger partial charge in [-0.25, -0.2) is 0 Å². The van der Waals surface area contributed by atoms with Gasteiger partial charge in [0.2, 0.25) is 0 Å². The molecule has 0 aliphatic carbocycles. The Bertz CT molecular complexity index is 137. The van der Waals surface area contributed by atoms with Crippen LogP contribution in [-0.4, -0.2) is 12.5 Å². The van der Waals surface area contributed by atoms with Gasteiger partial charge in [-0.1, -0.05) is 11.6 Å². The van der Waals surface area contributed by atoms with Crippen LogP contribution in [0.2, 0.25) is 0 Å². The first-order chi connectivity index (χ1) is 3.98. The lowest BCUT2D eigenvalue weighted by Gasteiger charge is -2.00. The van der Waals surface area contributed by atoms with Crippen LogP contribution >= 0.6 is 11.6 Å². The van der Waals surface area contributed by atoms with Crippen molar-refractivity contribution in [2.24, 2.45) is 0 Å². The van der Waals surface area contributed by atoms with E-state index in [1.165, 1.54) is 0 Å². The molecule has 52 valence electrons. The number of allylic oxidation sites excluding steroid dienone is 2. The molecule has 0 fully saturated rings. The van der Waals surface area contributed by atoms with E-state index in [1.807, 2.05) is 0 Å². The summed E-state index contributed by atoms with van der Waals surface area (Å²) < 4.78 is 33.8. The molecule has 0 aliphatic heterocycles. The Morgan fingerprint density at radius 1 is 1.44 bits per heavy atom. The number of hydrogen-bond donors (Lipinski definition) is 0. The molecular weight excluding hydrogens is 156 g/mol. The highest BCUT2D eigenvalue weighted by atomic mass is 35.5. The van der Waals surface area contributed by atoms with E-state index in [0.717, 1.165) is 0 Å². The van der Waals surface area contributed by atoms with Crippen molar-refractivity contribution in [2.45, 2.75) is 6.18 Å².